The molecule has 2 rings (SSSR count). The molecule has 1 atom stereocenters. The van der Waals surface area contributed by atoms with E-state index in [2.05, 4.69) is 46.3 Å². The largest absolute Gasteiger partial charge is 0.466 e. The van der Waals surface area contributed by atoms with Crippen LogP contribution in [0, 0.1) is 5.92 Å². The lowest BCUT2D eigenvalue weighted by atomic mass is 9.98. The molecule has 7 heteroatoms. The Morgan fingerprint density at radius 2 is 2.00 bits per heavy atom. The third kappa shape index (κ3) is 7.20. The molecule has 152 valence electrons. The average molecular weight is 488 g/mol. The van der Waals surface area contributed by atoms with Crippen molar-refractivity contribution in [3.05, 3.63) is 29.8 Å². The average Bonchev–Trinajstić information content (AvgIpc) is 2.65. The van der Waals surface area contributed by atoms with Gasteiger partial charge in [0, 0.05) is 39.4 Å². The van der Waals surface area contributed by atoms with Crippen LogP contribution in [0.5, 0.6) is 0 Å². The Labute approximate surface area is 180 Å². The van der Waals surface area contributed by atoms with E-state index in [0.717, 1.165) is 31.9 Å². The van der Waals surface area contributed by atoms with Crippen molar-refractivity contribution in [2.45, 2.75) is 33.2 Å². The quantitative estimate of drug-likeness (QED) is 0.289. The van der Waals surface area contributed by atoms with E-state index in [1.807, 2.05) is 21.0 Å². The highest BCUT2D eigenvalue weighted by Gasteiger charge is 2.28. The van der Waals surface area contributed by atoms with E-state index in [-0.39, 0.29) is 35.9 Å². The van der Waals surface area contributed by atoms with Crippen molar-refractivity contribution in [1.29, 1.82) is 0 Å². The van der Waals surface area contributed by atoms with E-state index in [9.17, 15) is 4.79 Å². The second-order valence-electron chi connectivity index (χ2n) is 6.77. The second-order valence-corrected chi connectivity index (χ2v) is 6.77. The van der Waals surface area contributed by atoms with Crippen LogP contribution in [0.1, 0.15) is 32.3 Å². The summed E-state index contributed by atoms with van der Waals surface area (Å²) in [6.07, 6.45) is 1.87. The first-order valence-corrected chi connectivity index (χ1v) is 9.51. The van der Waals surface area contributed by atoms with Crippen molar-refractivity contribution in [1.82, 2.24) is 10.2 Å². The number of benzene rings is 1. The molecular formula is C20H33IN4O2. The number of nitrogens with one attached hydrogen (secondary N) is 1. The number of esters is 1. The van der Waals surface area contributed by atoms with Gasteiger partial charge in [-0.1, -0.05) is 12.1 Å². The molecule has 1 fully saturated rings. The van der Waals surface area contributed by atoms with Crippen LogP contribution in [0.2, 0.25) is 0 Å². The summed E-state index contributed by atoms with van der Waals surface area (Å²) in [5.74, 6) is 0.720. The van der Waals surface area contributed by atoms with Crippen LogP contribution in [0.3, 0.4) is 0 Å². The smallest absolute Gasteiger partial charge is 0.310 e. The van der Waals surface area contributed by atoms with Crippen LogP contribution in [0.25, 0.3) is 0 Å². The summed E-state index contributed by atoms with van der Waals surface area (Å²) < 4.78 is 5.20. The number of halogens is 1. The molecule has 0 aromatic heterocycles. The van der Waals surface area contributed by atoms with Gasteiger partial charge >= 0.3 is 5.97 Å². The van der Waals surface area contributed by atoms with Gasteiger partial charge in [0.15, 0.2) is 5.96 Å². The van der Waals surface area contributed by atoms with Gasteiger partial charge in [-0.05, 0) is 44.4 Å². The molecule has 1 saturated heterocycles. The van der Waals surface area contributed by atoms with Gasteiger partial charge in [-0.15, -0.1) is 24.0 Å². The van der Waals surface area contributed by atoms with Crippen LogP contribution in [0.15, 0.2) is 29.3 Å². The van der Waals surface area contributed by atoms with Crippen molar-refractivity contribution >= 4 is 41.6 Å². The Balaban J connectivity index is 0.00000364. The Hall–Kier alpha value is -1.51. The number of hydrogen-bond donors (Lipinski definition) is 1. The van der Waals surface area contributed by atoms with Gasteiger partial charge in [-0.25, -0.2) is 4.99 Å². The van der Waals surface area contributed by atoms with Crippen molar-refractivity contribution in [3.8, 4) is 0 Å². The summed E-state index contributed by atoms with van der Waals surface area (Å²) in [6.45, 7) is 7.37. The lowest BCUT2D eigenvalue weighted by molar-refractivity contribution is -0.149. The first-order valence-electron chi connectivity index (χ1n) is 9.51. The van der Waals surface area contributed by atoms with Gasteiger partial charge in [-0.3, -0.25) is 4.79 Å². The Kier molecular flexibility index (Phi) is 10.5. The van der Waals surface area contributed by atoms with Gasteiger partial charge in [0.25, 0.3) is 0 Å². The van der Waals surface area contributed by atoms with Crippen LogP contribution in [-0.4, -0.2) is 57.2 Å². The van der Waals surface area contributed by atoms with E-state index in [4.69, 9.17) is 9.73 Å². The minimum Gasteiger partial charge on any atom is -0.466 e. The Morgan fingerprint density at radius 1 is 1.30 bits per heavy atom. The van der Waals surface area contributed by atoms with E-state index in [0.29, 0.717) is 19.7 Å². The lowest BCUT2D eigenvalue weighted by Crippen LogP contribution is -2.48. The third-order valence-electron chi connectivity index (χ3n) is 4.54. The summed E-state index contributed by atoms with van der Waals surface area (Å²) in [7, 11) is 4.07. The van der Waals surface area contributed by atoms with E-state index < -0.39 is 0 Å². The van der Waals surface area contributed by atoms with E-state index in [1.165, 1.54) is 11.3 Å². The van der Waals surface area contributed by atoms with Crippen molar-refractivity contribution in [3.63, 3.8) is 0 Å². The highest BCUT2D eigenvalue weighted by Crippen LogP contribution is 2.18. The number of aliphatic imine (C=N–C) groups is 1. The molecule has 0 saturated carbocycles. The molecule has 1 aromatic carbocycles. The molecule has 1 aliphatic rings. The summed E-state index contributed by atoms with van der Waals surface area (Å²) in [4.78, 5) is 21.1. The number of carbonyl (C=O) groups excluding carboxylic acids is 1. The van der Waals surface area contributed by atoms with Crippen molar-refractivity contribution in [2.24, 2.45) is 10.9 Å². The van der Waals surface area contributed by atoms with Crippen molar-refractivity contribution < 1.29 is 9.53 Å². The maximum atomic E-state index is 12.1. The fraction of sp³-hybridized carbons (Fsp3) is 0.600. The van der Waals surface area contributed by atoms with Gasteiger partial charge < -0.3 is 19.9 Å². The predicted octanol–water partition coefficient (Wildman–Crippen LogP) is 3.11. The zero-order valence-corrected chi connectivity index (χ0v) is 19.2. The fourth-order valence-corrected chi connectivity index (χ4v) is 3.11. The third-order valence-corrected chi connectivity index (χ3v) is 4.54. The summed E-state index contributed by atoms with van der Waals surface area (Å²) in [5.41, 5.74) is 2.35. The molecule has 0 aliphatic carbocycles. The zero-order chi connectivity index (χ0) is 18.9. The minimum absolute atomic E-state index is 0. The topological polar surface area (TPSA) is 57.2 Å². The highest BCUT2D eigenvalue weighted by molar-refractivity contribution is 14.0. The number of hydrogen-bond acceptors (Lipinski definition) is 4. The van der Waals surface area contributed by atoms with Crippen LogP contribution in [-0.2, 0) is 16.1 Å². The Morgan fingerprint density at radius 3 is 2.59 bits per heavy atom. The van der Waals surface area contributed by atoms with Crippen LogP contribution >= 0.6 is 24.0 Å². The van der Waals surface area contributed by atoms with Gasteiger partial charge in [0.05, 0.1) is 19.1 Å². The molecule has 6 nitrogen and oxygen atoms in total. The number of ether oxygens (including phenoxy) is 1. The summed E-state index contributed by atoms with van der Waals surface area (Å²) in [5, 5.41) is 3.36. The maximum absolute atomic E-state index is 12.1. The lowest BCUT2D eigenvalue weighted by Gasteiger charge is -2.34. The monoisotopic (exact) mass is 488 g/mol. The number of rotatable bonds is 6. The minimum atomic E-state index is -0.0904. The maximum Gasteiger partial charge on any atom is 0.310 e. The number of piperidine rings is 1. The van der Waals surface area contributed by atoms with Crippen LogP contribution < -0.4 is 10.2 Å². The molecule has 1 aliphatic heterocycles. The number of likely N-dealkylation sites (tertiary alicyclic amines) is 1. The molecule has 1 heterocycles. The summed E-state index contributed by atoms with van der Waals surface area (Å²) in [6, 6.07) is 8.44. The molecular weight excluding hydrogens is 455 g/mol. The first kappa shape index (κ1) is 23.5. The van der Waals surface area contributed by atoms with Gasteiger partial charge in [0.1, 0.15) is 0 Å². The molecule has 1 N–H and O–H groups in total. The molecule has 27 heavy (non-hydrogen) atoms. The second kappa shape index (κ2) is 12.0. The predicted molar refractivity (Wildman–Crippen MR) is 122 cm³/mol. The van der Waals surface area contributed by atoms with E-state index >= 15 is 0 Å². The highest BCUT2D eigenvalue weighted by atomic mass is 127. The number of anilines is 1. The normalized spacial score (nSPS) is 17.1. The molecule has 0 amide bonds. The SMILES string of the molecule is CCNC(=NCc1ccc(N(C)C)cc1)N1CCCC(C(=O)OCC)C1.I. The van der Waals surface area contributed by atoms with E-state index in [1.54, 1.807) is 0 Å². The Bertz CT molecular complexity index is 605. The fourth-order valence-electron chi connectivity index (χ4n) is 3.11. The van der Waals surface area contributed by atoms with Crippen molar-refractivity contribution in [2.75, 3.05) is 45.2 Å². The van der Waals surface area contributed by atoms with Gasteiger partial charge in [-0.2, -0.15) is 0 Å². The molecule has 1 aromatic rings. The van der Waals surface area contributed by atoms with Gasteiger partial charge in [0.2, 0.25) is 0 Å². The molecule has 0 bridgehead atoms. The summed E-state index contributed by atoms with van der Waals surface area (Å²) >= 11 is 0. The number of nitrogens with zero attached hydrogens (tertiary/aromatic N) is 3. The standard InChI is InChI=1S/C20H32N4O2.HI/c1-5-21-20(22-14-16-9-11-18(12-10-16)23(3)4)24-13-7-8-17(15-24)19(25)26-6-2;/h9-12,17H,5-8,13-15H2,1-4H3,(H,21,22);1H. The zero-order valence-electron chi connectivity index (χ0n) is 16.9. The first-order chi connectivity index (χ1) is 12.5. The molecule has 0 spiro atoms. The van der Waals surface area contributed by atoms with Crippen LogP contribution in [0.4, 0.5) is 5.69 Å². The number of guanidine groups is 1. The molecule has 1 unspecified atom stereocenters. The number of carbonyl (C=O) groups is 1. The molecule has 0 radical (unpaired) electrons.